The van der Waals surface area contributed by atoms with E-state index in [1.54, 1.807) is 30.5 Å². The van der Waals surface area contributed by atoms with Crippen LogP contribution in [-0.2, 0) is 9.59 Å². The quantitative estimate of drug-likeness (QED) is 0.700. The van der Waals surface area contributed by atoms with Crippen LogP contribution in [0.2, 0.25) is 0 Å². The first-order valence-electron chi connectivity index (χ1n) is 9.82. The van der Waals surface area contributed by atoms with Gasteiger partial charge < -0.3 is 25.6 Å². The van der Waals surface area contributed by atoms with Gasteiger partial charge in [0.25, 0.3) is 0 Å². The molecule has 29 heavy (non-hydrogen) atoms. The van der Waals surface area contributed by atoms with Gasteiger partial charge in [0, 0.05) is 57.4 Å². The minimum atomic E-state index is -0.180. The van der Waals surface area contributed by atoms with Crippen molar-refractivity contribution in [3.8, 4) is 5.75 Å². The van der Waals surface area contributed by atoms with E-state index in [1.165, 1.54) is 0 Å². The van der Waals surface area contributed by atoms with Crippen LogP contribution in [-0.4, -0.2) is 61.0 Å². The summed E-state index contributed by atoms with van der Waals surface area (Å²) < 4.78 is 5.40. The Morgan fingerprint density at radius 3 is 2.45 bits per heavy atom. The van der Waals surface area contributed by atoms with Gasteiger partial charge in [0.05, 0.1) is 0 Å². The maximum absolute atomic E-state index is 12.4. The molecular weight excluding hydrogens is 370 g/mol. The standard InChI is InChI=1S/C21H27N5O3/c22-10-16-29-18-6-4-17(5-7-18)24-20(27)8-9-21(28)26-14-12-25(13-15-26)19-3-1-2-11-23-19/h1-7,11H,8-10,12-16,22H2,(H,24,27). The molecule has 1 saturated heterocycles. The number of carbonyl (C=O) groups excluding carboxylic acids is 2. The Labute approximate surface area is 170 Å². The zero-order chi connectivity index (χ0) is 20.5. The molecule has 0 aliphatic carbocycles. The van der Waals surface area contributed by atoms with Gasteiger partial charge in [0.1, 0.15) is 18.2 Å². The van der Waals surface area contributed by atoms with Crippen molar-refractivity contribution in [1.29, 1.82) is 0 Å². The summed E-state index contributed by atoms with van der Waals surface area (Å²) in [6, 6.07) is 12.9. The zero-order valence-electron chi connectivity index (χ0n) is 16.4. The van der Waals surface area contributed by atoms with E-state index in [2.05, 4.69) is 15.2 Å². The Bertz CT molecular complexity index is 790. The summed E-state index contributed by atoms with van der Waals surface area (Å²) in [7, 11) is 0. The molecule has 154 valence electrons. The Morgan fingerprint density at radius 2 is 1.79 bits per heavy atom. The highest BCUT2D eigenvalue weighted by Crippen LogP contribution is 2.16. The minimum absolute atomic E-state index is 0.00588. The summed E-state index contributed by atoms with van der Waals surface area (Å²) in [6.07, 6.45) is 2.13. The Morgan fingerprint density at radius 1 is 1.03 bits per heavy atom. The van der Waals surface area contributed by atoms with Gasteiger partial charge >= 0.3 is 0 Å². The lowest BCUT2D eigenvalue weighted by atomic mass is 10.2. The summed E-state index contributed by atoms with van der Waals surface area (Å²) in [5.41, 5.74) is 6.07. The number of nitrogens with zero attached hydrogens (tertiary/aromatic N) is 3. The van der Waals surface area contributed by atoms with Crippen LogP contribution < -0.4 is 20.7 Å². The fraction of sp³-hybridized carbons (Fsp3) is 0.381. The molecule has 8 heteroatoms. The minimum Gasteiger partial charge on any atom is -0.492 e. The van der Waals surface area contributed by atoms with E-state index in [1.807, 2.05) is 23.1 Å². The number of piperazine rings is 1. The van der Waals surface area contributed by atoms with Gasteiger partial charge in [-0.3, -0.25) is 9.59 Å². The van der Waals surface area contributed by atoms with Gasteiger partial charge in [-0.1, -0.05) is 6.07 Å². The molecule has 0 spiro atoms. The van der Waals surface area contributed by atoms with Crippen molar-refractivity contribution < 1.29 is 14.3 Å². The Kier molecular flexibility index (Phi) is 7.40. The largest absolute Gasteiger partial charge is 0.492 e. The van der Waals surface area contributed by atoms with Crippen molar-refractivity contribution in [1.82, 2.24) is 9.88 Å². The lowest BCUT2D eigenvalue weighted by Crippen LogP contribution is -2.49. The monoisotopic (exact) mass is 397 g/mol. The molecule has 2 aromatic rings. The van der Waals surface area contributed by atoms with Gasteiger partial charge in [0.15, 0.2) is 0 Å². The number of rotatable bonds is 8. The number of carbonyl (C=O) groups is 2. The number of pyridine rings is 1. The van der Waals surface area contributed by atoms with Crippen molar-refractivity contribution >= 4 is 23.3 Å². The molecule has 2 heterocycles. The number of nitrogens with one attached hydrogen (secondary N) is 1. The second kappa shape index (κ2) is 10.4. The predicted molar refractivity (Wildman–Crippen MR) is 112 cm³/mol. The molecule has 8 nitrogen and oxygen atoms in total. The molecule has 0 unspecified atom stereocenters. The lowest BCUT2D eigenvalue weighted by Gasteiger charge is -2.35. The summed E-state index contributed by atoms with van der Waals surface area (Å²) in [6.45, 7) is 3.66. The van der Waals surface area contributed by atoms with Gasteiger partial charge in [0.2, 0.25) is 11.8 Å². The highest BCUT2D eigenvalue weighted by molar-refractivity contribution is 5.93. The van der Waals surface area contributed by atoms with Crippen LogP contribution in [0.5, 0.6) is 5.75 Å². The number of amides is 2. The van der Waals surface area contributed by atoms with Crippen LogP contribution in [0.25, 0.3) is 0 Å². The average Bonchev–Trinajstić information content (AvgIpc) is 2.78. The van der Waals surface area contributed by atoms with E-state index >= 15 is 0 Å². The molecule has 3 rings (SSSR count). The molecule has 0 saturated carbocycles. The SMILES string of the molecule is NCCOc1ccc(NC(=O)CCC(=O)N2CCN(c3ccccn3)CC2)cc1. The maximum atomic E-state index is 12.4. The number of hydrogen-bond donors (Lipinski definition) is 2. The summed E-state index contributed by atoms with van der Waals surface area (Å²) in [4.78, 5) is 32.9. The molecule has 1 aliphatic heterocycles. The van der Waals surface area contributed by atoms with E-state index < -0.39 is 0 Å². The van der Waals surface area contributed by atoms with Gasteiger partial charge in [-0.05, 0) is 36.4 Å². The Balaban J connectivity index is 1.38. The first-order chi connectivity index (χ1) is 14.2. The predicted octanol–water partition coefficient (Wildman–Crippen LogP) is 1.49. The van der Waals surface area contributed by atoms with E-state index in [4.69, 9.17) is 10.5 Å². The maximum Gasteiger partial charge on any atom is 0.224 e. The second-order valence-electron chi connectivity index (χ2n) is 6.77. The van der Waals surface area contributed by atoms with E-state index in [-0.39, 0.29) is 24.7 Å². The van der Waals surface area contributed by atoms with Crippen molar-refractivity contribution in [3.63, 3.8) is 0 Å². The third kappa shape index (κ3) is 6.18. The summed E-state index contributed by atoms with van der Waals surface area (Å²) in [5.74, 6) is 1.46. The number of ether oxygens (including phenoxy) is 1. The Hall–Kier alpha value is -3.13. The third-order valence-corrected chi connectivity index (χ3v) is 4.70. The van der Waals surface area contributed by atoms with Crippen molar-refractivity contribution in [2.75, 3.05) is 49.5 Å². The van der Waals surface area contributed by atoms with E-state index in [0.717, 1.165) is 18.9 Å². The van der Waals surface area contributed by atoms with Gasteiger partial charge in [-0.2, -0.15) is 0 Å². The molecule has 0 atom stereocenters. The van der Waals surface area contributed by atoms with Gasteiger partial charge in [-0.25, -0.2) is 4.98 Å². The van der Waals surface area contributed by atoms with Crippen LogP contribution in [0.3, 0.4) is 0 Å². The molecule has 0 radical (unpaired) electrons. The number of hydrogen-bond acceptors (Lipinski definition) is 6. The summed E-state index contributed by atoms with van der Waals surface area (Å²) >= 11 is 0. The molecule has 1 aromatic carbocycles. The molecule has 2 amide bonds. The first-order valence-corrected chi connectivity index (χ1v) is 9.82. The highest BCUT2D eigenvalue weighted by atomic mass is 16.5. The normalized spacial score (nSPS) is 13.8. The fourth-order valence-corrected chi connectivity index (χ4v) is 3.14. The molecular formula is C21H27N5O3. The highest BCUT2D eigenvalue weighted by Gasteiger charge is 2.22. The van der Waals surface area contributed by atoms with Crippen LogP contribution >= 0.6 is 0 Å². The fourth-order valence-electron chi connectivity index (χ4n) is 3.14. The molecule has 3 N–H and O–H groups in total. The first kappa shape index (κ1) is 20.6. The lowest BCUT2D eigenvalue weighted by molar-refractivity contribution is -0.133. The number of aromatic nitrogens is 1. The third-order valence-electron chi connectivity index (χ3n) is 4.70. The van der Waals surface area contributed by atoms with Crippen LogP contribution in [0, 0.1) is 0 Å². The van der Waals surface area contributed by atoms with Gasteiger partial charge in [-0.15, -0.1) is 0 Å². The van der Waals surface area contributed by atoms with E-state index in [0.29, 0.717) is 37.7 Å². The molecule has 1 aromatic heterocycles. The molecule has 0 bridgehead atoms. The van der Waals surface area contributed by atoms with Crippen molar-refractivity contribution in [2.24, 2.45) is 5.73 Å². The number of anilines is 2. The summed E-state index contributed by atoms with van der Waals surface area (Å²) in [5, 5.41) is 2.81. The zero-order valence-corrected chi connectivity index (χ0v) is 16.4. The molecule has 1 aliphatic rings. The number of nitrogens with two attached hydrogens (primary N) is 1. The van der Waals surface area contributed by atoms with Crippen LogP contribution in [0.1, 0.15) is 12.8 Å². The molecule has 1 fully saturated rings. The van der Waals surface area contributed by atoms with E-state index in [9.17, 15) is 9.59 Å². The van der Waals surface area contributed by atoms with Crippen LogP contribution in [0.15, 0.2) is 48.7 Å². The average molecular weight is 397 g/mol. The van der Waals surface area contributed by atoms with Crippen LogP contribution in [0.4, 0.5) is 11.5 Å². The second-order valence-corrected chi connectivity index (χ2v) is 6.77. The number of benzene rings is 1. The topological polar surface area (TPSA) is 101 Å². The van der Waals surface area contributed by atoms with Crippen molar-refractivity contribution in [2.45, 2.75) is 12.8 Å². The van der Waals surface area contributed by atoms with Crippen molar-refractivity contribution in [3.05, 3.63) is 48.7 Å². The smallest absolute Gasteiger partial charge is 0.224 e.